The fourth-order valence-electron chi connectivity index (χ4n) is 1.71. The molecule has 0 aliphatic heterocycles. The molecule has 1 aromatic heterocycles. The van der Waals surface area contributed by atoms with Crippen molar-refractivity contribution >= 4 is 33.4 Å². The summed E-state index contributed by atoms with van der Waals surface area (Å²) in [7, 11) is 0. The Morgan fingerprint density at radius 2 is 2.00 bits per heavy atom. The van der Waals surface area contributed by atoms with E-state index in [9.17, 15) is 8.78 Å². The Morgan fingerprint density at radius 1 is 1.25 bits per heavy atom. The fourth-order valence-corrected chi connectivity index (χ4v) is 2.51. The Kier molecular flexibility index (Phi) is 5.48. The Hall–Kier alpha value is -1.01. The van der Waals surface area contributed by atoms with Crippen molar-refractivity contribution in [3.63, 3.8) is 0 Å². The number of alkyl halides is 2. The lowest BCUT2D eigenvalue weighted by Crippen LogP contribution is -1.99. The van der Waals surface area contributed by atoms with Gasteiger partial charge in [-0.15, -0.1) is 0 Å². The number of anilines is 1. The molecule has 0 unspecified atom stereocenters. The molecule has 0 radical (unpaired) electrons. The molecule has 0 amide bonds. The SMILES string of the molecule is Cc1ccc(Br)cc1NCc1ccc(CSC(F)F)o1. The summed E-state index contributed by atoms with van der Waals surface area (Å²) in [5.41, 5.74) is 2.15. The first-order valence-corrected chi connectivity index (χ1v) is 7.86. The highest BCUT2D eigenvalue weighted by Gasteiger charge is 2.07. The Bertz CT molecular complexity index is 574. The van der Waals surface area contributed by atoms with Crippen molar-refractivity contribution in [2.75, 3.05) is 5.32 Å². The zero-order valence-corrected chi connectivity index (χ0v) is 13.2. The molecule has 0 saturated carbocycles. The molecule has 2 rings (SSSR count). The Morgan fingerprint density at radius 3 is 2.75 bits per heavy atom. The number of thioether (sulfide) groups is 1. The highest BCUT2D eigenvalue weighted by Crippen LogP contribution is 2.23. The van der Waals surface area contributed by atoms with Gasteiger partial charge in [0.15, 0.2) is 0 Å². The minimum absolute atomic E-state index is 0.188. The molecule has 20 heavy (non-hydrogen) atoms. The standard InChI is InChI=1S/C14H14BrF2NOS/c1-9-2-3-10(15)6-13(9)18-7-11-4-5-12(19-11)8-20-14(16)17/h2-6,14,18H,7-8H2,1H3. The van der Waals surface area contributed by atoms with Crippen LogP contribution >= 0.6 is 27.7 Å². The highest BCUT2D eigenvalue weighted by molar-refractivity contribution is 9.10. The zero-order chi connectivity index (χ0) is 14.5. The first kappa shape index (κ1) is 15.4. The van der Waals surface area contributed by atoms with Gasteiger partial charge in [0.05, 0.1) is 12.3 Å². The van der Waals surface area contributed by atoms with E-state index in [1.165, 1.54) is 0 Å². The molecule has 0 fully saturated rings. The van der Waals surface area contributed by atoms with Crippen molar-refractivity contribution in [2.24, 2.45) is 0 Å². The molecular formula is C14H14BrF2NOS. The smallest absolute Gasteiger partial charge is 0.284 e. The van der Waals surface area contributed by atoms with E-state index in [-0.39, 0.29) is 5.75 Å². The molecule has 1 heterocycles. The lowest BCUT2D eigenvalue weighted by molar-refractivity contribution is 0.251. The van der Waals surface area contributed by atoms with Crippen LogP contribution in [0, 0.1) is 6.92 Å². The maximum atomic E-state index is 12.1. The van der Waals surface area contributed by atoms with E-state index in [1.807, 2.05) is 31.2 Å². The van der Waals surface area contributed by atoms with E-state index in [0.717, 1.165) is 21.5 Å². The maximum absolute atomic E-state index is 12.1. The predicted molar refractivity (Wildman–Crippen MR) is 82.2 cm³/mol. The second-order valence-corrected chi connectivity index (χ2v) is 6.15. The Labute approximate surface area is 129 Å². The number of furan rings is 1. The van der Waals surface area contributed by atoms with Crippen molar-refractivity contribution in [2.45, 2.75) is 25.0 Å². The third kappa shape index (κ3) is 4.52. The number of aryl methyl sites for hydroxylation is 1. The van der Waals surface area contributed by atoms with Crippen LogP contribution in [0.5, 0.6) is 0 Å². The summed E-state index contributed by atoms with van der Waals surface area (Å²) in [6, 6.07) is 9.53. The summed E-state index contributed by atoms with van der Waals surface area (Å²) < 4.78 is 30.7. The van der Waals surface area contributed by atoms with E-state index in [1.54, 1.807) is 6.07 Å². The summed E-state index contributed by atoms with van der Waals surface area (Å²) in [6.45, 7) is 2.54. The maximum Gasteiger partial charge on any atom is 0.284 e. The molecule has 6 heteroatoms. The van der Waals surface area contributed by atoms with Crippen molar-refractivity contribution in [1.82, 2.24) is 0 Å². The van der Waals surface area contributed by atoms with E-state index < -0.39 is 5.76 Å². The minimum atomic E-state index is -2.37. The van der Waals surface area contributed by atoms with Gasteiger partial charge in [0.25, 0.3) is 5.76 Å². The molecule has 1 aromatic carbocycles. The summed E-state index contributed by atoms with van der Waals surface area (Å²) in [6.07, 6.45) is 0. The van der Waals surface area contributed by atoms with Gasteiger partial charge < -0.3 is 9.73 Å². The van der Waals surface area contributed by atoms with Gasteiger partial charge in [-0.05, 0) is 36.8 Å². The van der Waals surface area contributed by atoms with E-state index in [4.69, 9.17) is 4.42 Å². The molecule has 0 aliphatic rings. The molecule has 0 aliphatic carbocycles. The fraction of sp³-hybridized carbons (Fsp3) is 0.286. The Balaban J connectivity index is 1.92. The van der Waals surface area contributed by atoms with Crippen molar-refractivity contribution in [3.8, 4) is 0 Å². The molecule has 1 N–H and O–H groups in total. The van der Waals surface area contributed by atoms with Crippen LogP contribution in [0.25, 0.3) is 0 Å². The van der Waals surface area contributed by atoms with Crippen LogP contribution in [0.15, 0.2) is 39.2 Å². The van der Waals surface area contributed by atoms with Crippen molar-refractivity contribution < 1.29 is 13.2 Å². The van der Waals surface area contributed by atoms with E-state index >= 15 is 0 Å². The van der Waals surface area contributed by atoms with Crippen LogP contribution in [-0.2, 0) is 12.3 Å². The summed E-state index contributed by atoms with van der Waals surface area (Å²) in [5.74, 6) is -0.883. The number of hydrogen-bond donors (Lipinski definition) is 1. The second-order valence-electron chi connectivity index (χ2n) is 4.25. The highest BCUT2D eigenvalue weighted by atomic mass is 79.9. The first-order chi connectivity index (χ1) is 9.54. The van der Waals surface area contributed by atoms with Crippen LogP contribution in [0.3, 0.4) is 0 Å². The molecule has 2 nitrogen and oxygen atoms in total. The number of rotatable bonds is 6. The number of hydrogen-bond acceptors (Lipinski definition) is 3. The average molecular weight is 362 g/mol. The van der Waals surface area contributed by atoms with Crippen LogP contribution < -0.4 is 5.32 Å². The van der Waals surface area contributed by atoms with Crippen LogP contribution in [-0.4, -0.2) is 5.76 Å². The van der Waals surface area contributed by atoms with E-state index in [2.05, 4.69) is 21.2 Å². The summed E-state index contributed by atoms with van der Waals surface area (Å²) in [5, 5.41) is 3.27. The molecule has 0 saturated heterocycles. The van der Waals surface area contributed by atoms with Gasteiger partial charge in [-0.3, -0.25) is 0 Å². The monoisotopic (exact) mass is 361 g/mol. The molecule has 0 spiro atoms. The number of nitrogens with one attached hydrogen (secondary N) is 1. The lowest BCUT2D eigenvalue weighted by atomic mass is 10.2. The summed E-state index contributed by atoms with van der Waals surface area (Å²) in [4.78, 5) is 0. The van der Waals surface area contributed by atoms with Gasteiger partial charge in [-0.1, -0.05) is 33.8 Å². The van der Waals surface area contributed by atoms with Crippen LogP contribution in [0.4, 0.5) is 14.5 Å². The minimum Gasteiger partial charge on any atom is -0.463 e. The quantitative estimate of drug-likeness (QED) is 0.743. The van der Waals surface area contributed by atoms with Gasteiger partial charge in [-0.25, -0.2) is 0 Å². The lowest BCUT2D eigenvalue weighted by Gasteiger charge is -2.08. The number of benzene rings is 1. The van der Waals surface area contributed by atoms with Crippen molar-refractivity contribution in [3.05, 3.63) is 51.9 Å². The van der Waals surface area contributed by atoms with E-state index in [0.29, 0.717) is 24.1 Å². The molecule has 2 aromatic rings. The molecule has 0 bridgehead atoms. The van der Waals surface area contributed by atoms with Crippen LogP contribution in [0.1, 0.15) is 17.1 Å². The third-order valence-electron chi connectivity index (χ3n) is 2.72. The van der Waals surface area contributed by atoms with Gasteiger partial charge in [0.2, 0.25) is 0 Å². The second kappa shape index (κ2) is 7.13. The van der Waals surface area contributed by atoms with Crippen molar-refractivity contribution in [1.29, 1.82) is 0 Å². The van der Waals surface area contributed by atoms with Crippen LogP contribution in [0.2, 0.25) is 0 Å². The molecular weight excluding hydrogens is 348 g/mol. The predicted octanol–water partition coefficient (Wildman–Crippen LogP) is 5.42. The third-order valence-corrected chi connectivity index (χ3v) is 3.92. The van der Waals surface area contributed by atoms with Gasteiger partial charge in [0.1, 0.15) is 11.5 Å². The topological polar surface area (TPSA) is 25.2 Å². The largest absolute Gasteiger partial charge is 0.463 e. The number of halogens is 3. The van der Waals surface area contributed by atoms with Gasteiger partial charge in [-0.2, -0.15) is 8.78 Å². The zero-order valence-electron chi connectivity index (χ0n) is 10.8. The first-order valence-electron chi connectivity index (χ1n) is 6.02. The van der Waals surface area contributed by atoms with Gasteiger partial charge >= 0.3 is 0 Å². The molecule has 0 atom stereocenters. The summed E-state index contributed by atoms with van der Waals surface area (Å²) >= 11 is 3.99. The van der Waals surface area contributed by atoms with Gasteiger partial charge in [0, 0.05) is 10.2 Å². The molecule has 108 valence electrons. The normalized spacial score (nSPS) is 11.1. The average Bonchev–Trinajstić information content (AvgIpc) is 2.85.